The van der Waals surface area contributed by atoms with E-state index >= 15 is 0 Å². The van der Waals surface area contributed by atoms with Crippen LogP contribution in [0.5, 0.6) is 5.75 Å². The molecule has 4 aliphatic rings. The molecule has 1 fully saturated rings. The minimum atomic E-state index is -1.28. The summed E-state index contributed by atoms with van der Waals surface area (Å²) in [6, 6.07) is 25.5. The Bertz CT molecular complexity index is 1870. The summed E-state index contributed by atoms with van der Waals surface area (Å²) in [6.45, 7) is 1.70. The Balaban J connectivity index is 1.42. The average molecular weight is 573 g/mol. The highest BCUT2D eigenvalue weighted by molar-refractivity contribution is 6.25. The average Bonchev–Trinajstić information content (AvgIpc) is 3.28. The Morgan fingerprint density at radius 1 is 0.953 bits per heavy atom. The van der Waals surface area contributed by atoms with Crippen molar-refractivity contribution in [1.29, 1.82) is 0 Å². The van der Waals surface area contributed by atoms with E-state index < -0.39 is 45.8 Å². The number of hydrazone groups is 1. The van der Waals surface area contributed by atoms with Crippen LogP contribution in [0.4, 0.5) is 11.4 Å². The molecule has 3 amide bonds. The Kier molecular flexibility index (Phi) is 5.77. The van der Waals surface area contributed by atoms with Gasteiger partial charge in [0.2, 0.25) is 11.8 Å². The van der Waals surface area contributed by atoms with Gasteiger partial charge in [0, 0.05) is 18.2 Å². The molecule has 10 heteroatoms. The fourth-order valence-corrected chi connectivity index (χ4v) is 7.17. The van der Waals surface area contributed by atoms with Gasteiger partial charge in [0.25, 0.3) is 11.6 Å². The lowest BCUT2D eigenvalue weighted by atomic mass is 9.47. The fraction of sp³-hybridized carbons (Fsp3) is 0.152. The summed E-state index contributed by atoms with van der Waals surface area (Å²) in [5.74, 6) is -4.27. The number of phenolic OH excluding ortho intramolecular Hbond substituents is 1. The molecule has 3 aliphatic carbocycles. The molecule has 0 saturated carbocycles. The lowest BCUT2D eigenvalue weighted by Crippen LogP contribution is -2.54. The fourth-order valence-electron chi connectivity index (χ4n) is 7.17. The predicted molar refractivity (Wildman–Crippen MR) is 157 cm³/mol. The van der Waals surface area contributed by atoms with Gasteiger partial charge in [-0.15, -0.1) is 0 Å². The summed E-state index contributed by atoms with van der Waals surface area (Å²) >= 11 is 0. The molecule has 0 unspecified atom stereocenters. The molecule has 43 heavy (non-hydrogen) atoms. The number of aromatic hydroxyl groups is 1. The second kappa shape index (κ2) is 9.45. The molecular formula is C33H24N4O6. The van der Waals surface area contributed by atoms with Crippen LogP contribution in [0.3, 0.4) is 0 Å². The van der Waals surface area contributed by atoms with Crippen LogP contribution in [0.15, 0.2) is 96.1 Å². The van der Waals surface area contributed by atoms with Crippen LogP contribution in [0.2, 0.25) is 0 Å². The first-order chi connectivity index (χ1) is 20.8. The monoisotopic (exact) mass is 572 g/mol. The summed E-state index contributed by atoms with van der Waals surface area (Å²) in [6.07, 6.45) is 1.49. The quantitative estimate of drug-likeness (QED) is 0.155. The van der Waals surface area contributed by atoms with E-state index in [0.29, 0.717) is 5.56 Å². The number of rotatable bonds is 5. The van der Waals surface area contributed by atoms with Crippen molar-refractivity contribution in [3.05, 3.63) is 134 Å². The summed E-state index contributed by atoms with van der Waals surface area (Å²) in [5.41, 5.74) is 4.66. The predicted octanol–water partition coefficient (Wildman–Crippen LogP) is 4.58. The highest BCUT2D eigenvalue weighted by Crippen LogP contribution is 2.64. The van der Waals surface area contributed by atoms with Crippen molar-refractivity contribution in [2.75, 3.05) is 4.90 Å². The van der Waals surface area contributed by atoms with Gasteiger partial charge in [-0.25, -0.2) is 10.3 Å². The number of nitrogens with one attached hydrogen (secondary N) is 1. The van der Waals surface area contributed by atoms with Crippen molar-refractivity contribution in [1.82, 2.24) is 5.43 Å². The number of benzene rings is 4. The smallest absolute Gasteiger partial charge is 0.293 e. The molecule has 2 N–H and O–H groups in total. The molecule has 212 valence electrons. The van der Waals surface area contributed by atoms with Crippen LogP contribution >= 0.6 is 0 Å². The summed E-state index contributed by atoms with van der Waals surface area (Å²) in [7, 11) is 0. The standard InChI is InChI=1S/C33H24N4O6/c1-18-14-15-24(25(16-18)37(42)43)36-31(40)28-27-19-8-2-5-11-22(19)33(29(28)32(36)41,23-12-6-3-9-20(23)27)17-34-35-30(39)21-10-4-7-13-26(21)38/h2-17,27-29,38H,1H3,(H,35,39)/b34-17+/t27?,28-,29+,33?/m0/s1. The number of nitro benzene ring substituents is 1. The van der Waals surface area contributed by atoms with Gasteiger partial charge in [-0.3, -0.25) is 24.5 Å². The topological polar surface area (TPSA) is 142 Å². The van der Waals surface area contributed by atoms with Crippen LogP contribution < -0.4 is 10.3 Å². The van der Waals surface area contributed by atoms with Gasteiger partial charge in [0.05, 0.1) is 27.7 Å². The molecule has 0 aromatic heterocycles. The van der Waals surface area contributed by atoms with Gasteiger partial charge in [-0.1, -0.05) is 66.7 Å². The van der Waals surface area contributed by atoms with Crippen molar-refractivity contribution >= 4 is 35.3 Å². The second-order valence-corrected chi connectivity index (χ2v) is 11.0. The molecule has 2 atom stereocenters. The first-order valence-electron chi connectivity index (χ1n) is 13.7. The summed E-state index contributed by atoms with van der Waals surface area (Å²) < 4.78 is 0. The lowest BCUT2D eigenvalue weighted by molar-refractivity contribution is -0.384. The van der Waals surface area contributed by atoms with Crippen LogP contribution in [0.1, 0.15) is 44.1 Å². The number of para-hydroxylation sites is 1. The highest BCUT2D eigenvalue weighted by Gasteiger charge is 2.68. The maximum atomic E-state index is 14.5. The molecule has 2 bridgehead atoms. The van der Waals surface area contributed by atoms with Crippen LogP contribution in [0, 0.1) is 28.9 Å². The zero-order valence-corrected chi connectivity index (χ0v) is 22.8. The number of hydrogen-bond acceptors (Lipinski definition) is 7. The number of carbonyl (C=O) groups is 3. The first-order valence-corrected chi connectivity index (χ1v) is 13.7. The van der Waals surface area contributed by atoms with Crippen molar-refractivity contribution in [3.8, 4) is 5.75 Å². The van der Waals surface area contributed by atoms with Gasteiger partial charge in [0.15, 0.2) is 0 Å². The van der Waals surface area contributed by atoms with E-state index in [-0.39, 0.29) is 22.7 Å². The number of nitrogens with zero attached hydrogens (tertiary/aromatic N) is 3. The molecule has 8 rings (SSSR count). The molecule has 4 aromatic carbocycles. The maximum absolute atomic E-state index is 14.5. The van der Waals surface area contributed by atoms with E-state index in [9.17, 15) is 29.6 Å². The highest BCUT2D eigenvalue weighted by atomic mass is 16.6. The minimum absolute atomic E-state index is 0.0214. The number of aryl methyl sites for hydroxylation is 1. The molecule has 1 aliphatic heterocycles. The molecule has 4 aromatic rings. The molecule has 1 heterocycles. The Morgan fingerprint density at radius 2 is 1.58 bits per heavy atom. The molecule has 0 radical (unpaired) electrons. The Labute approximate surface area is 245 Å². The Hall–Kier alpha value is -5.64. The van der Waals surface area contributed by atoms with Crippen molar-refractivity contribution in [2.24, 2.45) is 16.9 Å². The zero-order chi connectivity index (χ0) is 30.0. The number of anilines is 1. The van der Waals surface area contributed by atoms with E-state index in [1.165, 1.54) is 30.5 Å². The van der Waals surface area contributed by atoms with Crippen LogP contribution in [0.25, 0.3) is 0 Å². The van der Waals surface area contributed by atoms with Gasteiger partial charge in [0.1, 0.15) is 11.4 Å². The molecule has 10 nitrogen and oxygen atoms in total. The Morgan fingerprint density at radius 3 is 2.23 bits per heavy atom. The van der Waals surface area contributed by atoms with Gasteiger partial charge >= 0.3 is 0 Å². The number of nitro groups is 1. The first kappa shape index (κ1) is 26.3. The van der Waals surface area contributed by atoms with Crippen LogP contribution in [-0.4, -0.2) is 34.0 Å². The van der Waals surface area contributed by atoms with Crippen molar-refractivity contribution in [2.45, 2.75) is 18.3 Å². The van der Waals surface area contributed by atoms with Crippen molar-refractivity contribution < 1.29 is 24.4 Å². The lowest BCUT2D eigenvalue weighted by Gasteiger charge is -2.52. The third kappa shape index (κ3) is 3.59. The maximum Gasteiger partial charge on any atom is 0.293 e. The van der Waals surface area contributed by atoms with Crippen LogP contribution in [-0.2, 0) is 15.0 Å². The third-order valence-corrected chi connectivity index (χ3v) is 8.84. The van der Waals surface area contributed by atoms with E-state index in [4.69, 9.17) is 0 Å². The van der Waals surface area contributed by atoms with E-state index in [1.54, 1.807) is 25.1 Å². The number of phenols is 1. The summed E-state index contributed by atoms with van der Waals surface area (Å²) in [5, 5.41) is 26.5. The van der Waals surface area contributed by atoms with Gasteiger partial charge in [-0.05, 0) is 52.9 Å². The van der Waals surface area contributed by atoms with E-state index in [2.05, 4.69) is 10.5 Å². The second-order valence-electron chi connectivity index (χ2n) is 11.0. The van der Waals surface area contributed by atoms with E-state index in [0.717, 1.165) is 27.2 Å². The number of hydrogen-bond donors (Lipinski definition) is 2. The molecular weight excluding hydrogens is 548 g/mol. The van der Waals surface area contributed by atoms with Gasteiger partial charge < -0.3 is 5.11 Å². The SMILES string of the molecule is Cc1ccc(N2C(=O)[C@H]3C4c5ccccc5C(/C=N/NC(=O)c5ccccc5O)(c5ccccc54)[C@H]3C2=O)c([N+](=O)[O-])c1. The largest absolute Gasteiger partial charge is 0.507 e. The summed E-state index contributed by atoms with van der Waals surface area (Å²) in [4.78, 5) is 54.1. The van der Waals surface area contributed by atoms with Gasteiger partial charge in [-0.2, -0.15) is 5.10 Å². The molecule has 0 spiro atoms. The normalized spacial score (nSPS) is 23.2. The number of amides is 3. The third-order valence-electron chi connectivity index (χ3n) is 8.84. The molecule has 1 saturated heterocycles. The minimum Gasteiger partial charge on any atom is -0.507 e. The number of imide groups is 1. The zero-order valence-electron chi connectivity index (χ0n) is 22.8. The van der Waals surface area contributed by atoms with E-state index in [1.807, 2.05) is 48.5 Å². The number of carbonyl (C=O) groups excluding carboxylic acids is 3. The van der Waals surface area contributed by atoms with Crippen molar-refractivity contribution in [3.63, 3.8) is 0 Å².